The maximum Gasteiger partial charge on any atom is 0.271 e. The molecule has 0 aliphatic rings. The third-order valence-corrected chi connectivity index (χ3v) is 5.41. The highest BCUT2D eigenvalue weighted by Crippen LogP contribution is 2.15. The normalized spacial score (nSPS) is 12.3. The molecule has 3 N–H and O–H groups in total. The Kier molecular flexibility index (Phi) is 6.60. The first-order valence-corrected chi connectivity index (χ1v) is 9.57. The molecule has 2 aromatic carbocycles. The van der Waals surface area contributed by atoms with Crippen LogP contribution < -0.4 is 15.6 Å². The number of hydrogen-bond acceptors (Lipinski definition) is 4. The fourth-order valence-electron chi connectivity index (χ4n) is 1.91. The second-order valence-electron chi connectivity index (χ2n) is 5.22. The third kappa shape index (κ3) is 5.18. The van der Waals surface area contributed by atoms with E-state index >= 15 is 0 Å². The number of hydrogen-bond donors (Lipinski definition) is 3. The lowest BCUT2D eigenvalue weighted by Crippen LogP contribution is -2.51. The lowest BCUT2D eigenvalue weighted by molar-refractivity contribution is -0.123. The van der Waals surface area contributed by atoms with Gasteiger partial charge in [0.25, 0.3) is 11.8 Å². The minimum atomic E-state index is -3.92. The molecule has 2 aromatic rings. The van der Waals surface area contributed by atoms with Crippen LogP contribution >= 0.6 is 23.2 Å². The topological polar surface area (TPSA) is 104 Å². The van der Waals surface area contributed by atoms with Gasteiger partial charge in [0.05, 0.1) is 21.5 Å². The molecule has 0 radical (unpaired) electrons. The highest BCUT2D eigenvalue weighted by atomic mass is 35.5. The Labute approximate surface area is 160 Å². The molecule has 7 nitrogen and oxygen atoms in total. The first kappa shape index (κ1) is 20.2. The zero-order valence-corrected chi connectivity index (χ0v) is 15.8. The molecule has 2 amide bonds. The number of carbonyl (C=O) groups is 2. The van der Waals surface area contributed by atoms with E-state index in [1.165, 1.54) is 43.3 Å². The van der Waals surface area contributed by atoms with Crippen molar-refractivity contribution in [2.24, 2.45) is 0 Å². The fraction of sp³-hybridized carbons (Fsp3) is 0.125. The second-order valence-corrected chi connectivity index (χ2v) is 7.78. The van der Waals surface area contributed by atoms with Crippen molar-refractivity contribution in [2.75, 3.05) is 0 Å². The molecule has 0 aliphatic carbocycles. The van der Waals surface area contributed by atoms with Crippen molar-refractivity contribution in [3.63, 3.8) is 0 Å². The van der Waals surface area contributed by atoms with Crippen molar-refractivity contribution in [3.05, 3.63) is 64.1 Å². The smallest absolute Gasteiger partial charge is 0.271 e. The lowest BCUT2D eigenvalue weighted by Gasteiger charge is -2.15. The van der Waals surface area contributed by atoms with E-state index in [4.69, 9.17) is 23.2 Å². The van der Waals surface area contributed by atoms with Gasteiger partial charge >= 0.3 is 0 Å². The Morgan fingerprint density at radius 1 is 0.962 bits per heavy atom. The van der Waals surface area contributed by atoms with Crippen LogP contribution in [0.25, 0.3) is 0 Å². The summed E-state index contributed by atoms with van der Waals surface area (Å²) in [5.74, 6) is -1.38. The Balaban J connectivity index is 1.96. The third-order valence-electron chi connectivity index (χ3n) is 3.27. The highest BCUT2D eigenvalue weighted by molar-refractivity contribution is 7.89. The van der Waals surface area contributed by atoms with Crippen LogP contribution in [-0.2, 0) is 14.8 Å². The molecule has 0 spiro atoms. The predicted molar refractivity (Wildman–Crippen MR) is 98.3 cm³/mol. The van der Waals surface area contributed by atoms with Gasteiger partial charge in [-0.1, -0.05) is 35.3 Å². The van der Waals surface area contributed by atoms with E-state index < -0.39 is 27.9 Å². The van der Waals surface area contributed by atoms with E-state index in [0.29, 0.717) is 5.02 Å². The van der Waals surface area contributed by atoms with E-state index in [1.807, 2.05) is 0 Å². The van der Waals surface area contributed by atoms with Crippen molar-refractivity contribution in [2.45, 2.75) is 17.9 Å². The average molecular weight is 416 g/mol. The SMILES string of the molecule is CC(NS(=O)(=O)c1ccc(Cl)cc1)C(=O)NNC(=O)c1ccccc1Cl. The summed E-state index contributed by atoms with van der Waals surface area (Å²) in [7, 11) is -3.92. The van der Waals surface area contributed by atoms with E-state index in [0.717, 1.165) is 0 Å². The molecule has 1 unspecified atom stereocenters. The Hall–Kier alpha value is -2.13. The van der Waals surface area contributed by atoms with Crippen LogP contribution in [0.3, 0.4) is 0 Å². The molecular weight excluding hydrogens is 401 g/mol. The van der Waals surface area contributed by atoms with E-state index in [2.05, 4.69) is 15.6 Å². The van der Waals surface area contributed by atoms with E-state index in [1.54, 1.807) is 12.1 Å². The number of amides is 2. The molecule has 1 atom stereocenters. The molecule has 0 heterocycles. The van der Waals surface area contributed by atoms with Gasteiger partial charge in [-0.2, -0.15) is 4.72 Å². The fourth-order valence-corrected chi connectivity index (χ4v) is 3.46. The van der Waals surface area contributed by atoms with Gasteiger partial charge in [0.1, 0.15) is 0 Å². The van der Waals surface area contributed by atoms with Gasteiger partial charge < -0.3 is 0 Å². The zero-order chi connectivity index (χ0) is 19.3. The Bertz CT molecular complexity index is 917. The molecule has 2 rings (SSSR count). The van der Waals surface area contributed by atoms with Crippen LogP contribution in [0.2, 0.25) is 10.0 Å². The summed E-state index contributed by atoms with van der Waals surface area (Å²) in [6.45, 7) is 1.34. The molecule has 26 heavy (non-hydrogen) atoms. The van der Waals surface area contributed by atoms with Crippen molar-refractivity contribution in [1.82, 2.24) is 15.6 Å². The number of sulfonamides is 1. The molecule has 0 saturated carbocycles. The summed E-state index contributed by atoms with van der Waals surface area (Å²) in [4.78, 5) is 23.9. The van der Waals surface area contributed by atoms with Crippen LogP contribution in [0.4, 0.5) is 0 Å². The van der Waals surface area contributed by atoms with Gasteiger partial charge in [0.2, 0.25) is 10.0 Å². The average Bonchev–Trinajstić information content (AvgIpc) is 2.59. The summed E-state index contributed by atoms with van der Waals surface area (Å²) in [6, 6.07) is 10.6. The maximum atomic E-state index is 12.2. The predicted octanol–water partition coefficient (Wildman–Crippen LogP) is 2.12. The number of carbonyl (C=O) groups excluding carboxylic acids is 2. The monoisotopic (exact) mass is 415 g/mol. The molecule has 0 saturated heterocycles. The van der Waals surface area contributed by atoms with Gasteiger partial charge in [-0.05, 0) is 43.3 Å². The molecule has 0 fully saturated rings. The first-order chi connectivity index (χ1) is 12.2. The number of hydrazine groups is 1. The molecule has 0 aliphatic heterocycles. The molecule has 0 aromatic heterocycles. The Morgan fingerprint density at radius 2 is 1.58 bits per heavy atom. The van der Waals surface area contributed by atoms with Crippen molar-refractivity contribution >= 4 is 45.0 Å². The number of rotatable bonds is 5. The van der Waals surface area contributed by atoms with Crippen LogP contribution in [0.5, 0.6) is 0 Å². The standard InChI is InChI=1S/C16H15Cl2N3O4S/c1-10(21-26(24,25)12-8-6-11(17)7-9-12)15(22)19-20-16(23)13-4-2-3-5-14(13)18/h2-10,21H,1H3,(H,19,22)(H,20,23). The van der Waals surface area contributed by atoms with E-state index in [-0.39, 0.29) is 15.5 Å². The number of halogens is 2. The number of benzene rings is 2. The minimum absolute atomic E-state index is 0.0401. The quantitative estimate of drug-likeness (QED) is 0.650. The minimum Gasteiger partial charge on any atom is -0.271 e. The summed E-state index contributed by atoms with van der Waals surface area (Å²) >= 11 is 11.6. The molecule has 138 valence electrons. The van der Waals surface area contributed by atoms with Crippen LogP contribution in [-0.4, -0.2) is 26.3 Å². The van der Waals surface area contributed by atoms with Crippen molar-refractivity contribution < 1.29 is 18.0 Å². The van der Waals surface area contributed by atoms with Crippen LogP contribution in [0.1, 0.15) is 17.3 Å². The molecule has 0 bridgehead atoms. The second kappa shape index (κ2) is 8.50. The highest BCUT2D eigenvalue weighted by Gasteiger charge is 2.22. The molecule has 10 heteroatoms. The summed E-state index contributed by atoms with van der Waals surface area (Å²) in [6.07, 6.45) is 0. The van der Waals surface area contributed by atoms with Gasteiger partial charge in [0, 0.05) is 5.02 Å². The van der Waals surface area contributed by atoms with Gasteiger partial charge in [-0.3, -0.25) is 20.4 Å². The zero-order valence-electron chi connectivity index (χ0n) is 13.5. The maximum absolute atomic E-state index is 12.2. The van der Waals surface area contributed by atoms with E-state index in [9.17, 15) is 18.0 Å². The lowest BCUT2D eigenvalue weighted by atomic mass is 10.2. The first-order valence-electron chi connectivity index (χ1n) is 7.33. The molecular formula is C16H15Cl2N3O4S. The van der Waals surface area contributed by atoms with Gasteiger partial charge in [-0.25, -0.2) is 8.42 Å². The van der Waals surface area contributed by atoms with Crippen molar-refractivity contribution in [3.8, 4) is 0 Å². The summed E-state index contributed by atoms with van der Waals surface area (Å²) < 4.78 is 26.7. The Morgan fingerprint density at radius 3 is 2.19 bits per heavy atom. The van der Waals surface area contributed by atoms with Crippen LogP contribution in [0.15, 0.2) is 53.4 Å². The number of nitrogens with one attached hydrogen (secondary N) is 3. The summed E-state index contributed by atoms with van der Waals surface area (Å²) in [5, 5.41) is 0.604. The summed E-state index contributed by atoms with van der Waals surface area (Å²) in [5.41, 5.74) is 4.49. The largest absolute Gasteiger partial charge is 0.271 e. The van der Waals surface area contributed by atoms with Crippen LogP contribution in [0, 0.1) is 0 Å². The van der Waals surface area contributed by atoms with Gasteiger partial charge in [0.15, 0.2) is 0 Å². The van der Waals surface area contributed by atoms with Crippen molar-refractivity contribution in [1.29, 1.82) is 0 Å². The van der Waals surface area contributed by atoms with Gasteiger partial charge in [-0.15, -0.1) is 0 Å².